The Balaban J connectivity index is 2.13. The van der Waals surface area contributed by atoms with Gasteiger partial charge in [-0.2, -0.15) is 0 Å². The largest absolute Gasteiger partial charge is 0.0880 e. The SMILES string of the molecule is CCCC=C[C]1CCCCC1. The van der Waals surface area contributed by atoms with Gasteiger partial charge in [-0.25, -0.2) is 0 Å². The smallest absolute Gasteiger partial charge is 0.00273 e. The minimum Gasteiger partial charge on any atom is -0.0880 e. The summed E-state index contributed by atoms with van der Waals surface area (Å²) in [4.78, 5) is 0. The third-order valence-electron chi connectivity index (χ3n) is 2.30. The van der Waals surface area contributed by atoms with Gasteiger partial charge in [-0.05, 0) is 25.2 Å². The number of hydrogen-bond donors (Lipinski definition) is 0. The molecule has 0 bridgehead atoms. The van der Waals surface area contributed by atoms with Gasteiger partial charge in [0.15, 0.2) is 0 Å². The Kier molecular flexibility index (Phi) is 4.33. The van der Waals surface area contributed by atoms with Gasteiger partial charge in [0.25, 0.3) is 0 Å². The quantitative estimate of drug-likeness (QED) is 0.574. The van der Waals surface area contributed by atoms with Gasteiger partial charge in [0.1, 0.15) is 0 Å². The lowest BCUT2D eigenvalue weighted by Gasteiger charge is -2.16. The molecule has 0 nitrogen and oxygen atoms in total. The van der Waals surface area contributed by atoms with E-state index in [0.717, 1.165) is 0 Å². The Hall–Kier alpha value is -0.260. The van der Waals surface area contributed by atoms with Crippen LogP contribution in [0.3, 0.4) is 0 Å². The average molecular weight is 151 g/mol. The van der Waals surface area contributed by atoms with E-state index in [4.69, 9.17) is 0 Å². The Labute approximate surface area is 70.7 Å². The second-order valence-electron chi connectivity index (χ2n) is 3.41. The van der Waals surface area contributed by atoms with Crippen LogP contribution in [-0.4, -0.2) is 0 Å². The maximum atomic E-state index is 2.36. The fourth-order valence-electron chi connectivity index (χ4n) is 1.59. The first-order valence-electron chi connectivity index (χ1n) is 4.94. The maximum Gasteiger partial charge on any atom is -0.00273 e. The monoisotopic (exact) mass is 151 g/mol. The van der Waals surface area contributed by atoms with Crippen molar-refractivity contribution in [1.29, 1.82) is 0 Å². The van der Waals surface area contributed by atoms with Gasteiger partial charge >= 0.3 is 0 Å². The van der Waals surface area contributed by atoms with Crippen LogP contribution in [0.2, 0.25) is 0 Å². The Morgan fingerprint density at radius 2 is 1.91 bits per heavy atom. The summed E-state index contributed by atoms with van der Waals surface area (Å²) in [6, 6.07) is 0. The average Bonchev–Trinajstić information content (AvgIpc) is 2.07. The highest BCUT2D eigenvalue weighted by molar-refractivity contribution is 5.10. The fourth-order valence-corrected chi connectivity index (χ4v) is 1.59. The molecule has 0 aromatic rings. The molecule has 0 unspecified atom stereocenters. The van der Waals surface area contributed by atoms with Gasteiger partial charge < -0.3 is 0 Å². The van der Waals surface area contributed by atoms with Crippen molar-refractivity contribution in [2.45, 2.75) is 51.9 Å². The van der Waals surface area contributed by atoms with E-state index in [2.05, 4.69) is 19.1 Å². The summed E-state index contributed by atoms with van der Waals surface area (Å²) < 4.78 is 0. The van der Waals surface area contributed by atoms with E-state index in [1.165, 1.54) is 44.9 Å². The van der Waals surface area contributed by atoms with Gasteiger partial charge in [0.05, 0.1) is 0 Å². The standard InChI is InChI=1S/C11H19/c1-2-3-5-8-11-9-6-4-7-10-11/h5,8H,2-4,6-7,9-10H2,1H3. The van der Waals surface area contributed by atoms with E-state index in [-0.39, 0.29) is 0 Å². The first-order chi connectivity index (χ1) is 5.43. The van der Waals surface area contributed by atoms with Gasteiger partial charge in [0, 0.05) is 0 Å². The van der Waals surface area contributed by atoms with Crippen LogP contribution in [0, 0.1) is 5.92 Å². The first kappa shape index (κ1) is 8.83. The third-order valence-corrected chi connectivity index (χ3v) is 2.30. The molecule has 0 N–H and O–H groups in total. The number of rotatable bonds is 3. The fraction of sp³-hybridized carbons (Fsp3) is 0.727. The van der Waals surface area contributed by atoms with Gasteiger partial charge in [-0.3, -0.25) is 0 Å². The number of allylic oxidation sites excluding steroid dienone is 2. The summed E-state index contributed by atoms with van der Waals surface area (Å²) in [5, 5.41) is 0. The molecule has 0 spiro atoms. The molecular formula is C11H19. The normalized spacial score (nSPS) is 21.2. The van der Waals surface area contributed by atoms with Gasteiger partial charge in [-0.1, -0.05) is 44.8 Å². The predicted octanol–water partition coefficient (Wildman–Crippen LogP) is 3.88. The van der Waals surface area contributed by atoms with Gasteiger partial charge in [-0.15, -0.1) is 0 Å². The summed E-state index contributed by atoms with van der Waals surface area (Å²) in [6.07, 6.45) is 14.2. The summed E-state index contributed by atoms with van der Waals surface area (Å²) >= 11 is 0. The topological polar surface area (TPSA) is 0 Å². The van der Waals surface area contributed by atoms with Crippen LogP contribution in [0.4, 0.5) is 0 Å². The maximum absolute atomic E-state index is 2.36. The van der Waals surface area contributed by atoms with Crippen LogP contribution in [0.15, 0.2) is 12.2 Å². The van der Waals surface area contributed by atoms with E-state index >= 15 is 0 Å². The molecule has 1 rings (SSSR count). The molecular weight excluding hydrogens is 132 g/mol. The van der Waals surface area contributed by atoms with Crippen LogP contribution in [0.25, 0.3) is 0 Å². The Morgan fingerprint density at radius 1 is 1.18 bits per heavy atom. The van der Waals surface area contributed by atoms with Crippen molar-refractivity contribution < 1.29 is 0 Å². The zero-order chi connectivity index (χ0) is 7.94. The lowest BCUT2D eigenvalue weighted by Crippen LogP contribution is -1.99. The lowest BCUT2D eigenvalue weighted by atomic mass is 9.89. The van der Waals surface area contributed by atoms with Crippen LogP contribution in [0.1, 0.15) is 51.9 Å². The molecule has 1 aliphatic rings. The highest BCUT2D eigenvalue weighted by Gasteiger charge is 2.09. The van der Waals surface area contributed by atoms with Crippen LogP contribution in [-0.2, 0) is 0 Å². The molecule has 1 saturated carbocycles. The lowest BCUT2D eigenvalue weighted by molar-refractivity contribution is 0.556. The summed E-state index contributed by atoms with van der Waals surface area (Å²) in [5.74, 6) is 1.68. The summed E-state index contributed by atoms with van der Waals surface area (Å²) in [7, 11) is 0. The van der Waals surface area contributed by atoms with Crippen molar-refractivity contribution in [2.24, 2.45) is 0 Å². The number of unbranched alkanes of at least 4 members (excludes halogenated alkanes) is 1. The zero-order valence-corrected chi connectivity index (χ0v) is 7.60. The van der Waals surface area contributed by atoms with Crippen molar-refractivity contribution in [2.75, 3.05) is 0 Å². The van der Waals surface area contributed by atoms with E-state index in [0.29, 0.717) is 0 Å². The van der Waals surface area contributed by atoms with Crippen molar-refractivity contribution in [1.82, 2.24) is 0 Å². The second-order valence-corrected chi connectivity index (χ2v) is 3.41. The highest BCUT2D eigenvalue weighted by atomic mass is 14.1. The van der Waals surface area contributed by atoms with E-state index < -0.39 is 0 Å². The molecule has 0 heteroatoms. The minimum absolute atomic E-state index is 1.25. The van der Waals surface area contributed by atoms with Crippen molar-refractivity contribution in [3.05, 3.63) is 18.1 Å². The first-order valence-corrected chi connectivity index (χ1v) is 4.94. The molecule has 11 heavy (non-hydrogen) atoms. The second kappa shape index (κ2) is 5.40. The summed E-state index contributed by atoms with van der Waals surface area (Å²) in [5.41, 5.74) is 0. The van der Waals surface area contributed by atoms with Crippen LogP contribution in [0.5, 0.6) is 0 Å². The van der Waals surface area contributed by atoms with E-state index in [1.54, 1.807) is 5.92 Å². The van der Waals surface area contributed by atoms with E-state index in [1.807, 2.05) is 0 Å². The van der Waals surface area contributed by atoms with Crippen molar-refractivity contribution in [3.63, 3.8) is 0 Å². The third kappa shape index (κ3) is 3.60. The van der Waals surface area contributed by atoms with Crippen molar-refractivity contribution >= 4 is 0 Å². The molecule has 0 aromatic carbocycles. The molecule has 0 aromatic heterocycles. The molecule has 63 valence electrons. The zero-order valence-electron chi connectivity index (χ0n) is 7.60. The molecule has 0 saturated heterocycles. The highest BCUT2D eigenvalue weighted by Crippen LogP contribution is 2.26. The van der Waals surface area contributed by atoms with Gasteiger partial charge in [0.2, 0.25) is 0 Å². The molecule has 1 radical (unpaired) electrons. The predicted molar refractivity (Wildman–Crippen MR) is 50.4 cm³/mol. The van der Waals surface area contributed by atoms with E-state index in [9.17, 15) is 0 Å². The van der Waals surface area contributed by atoms with Crippen LogP contribution >= 0.6 is 0 Å². The van der Waals surface area contributed by atoms with Crippen molar-refractivity contribution in [3.8, 4) is 0 Å². The van der Waals surface area contributed by atoms with Crippen LogP contribution < -0.4 is 0 Å². The minimum atomic E-state index is 1.25. The molecule has 0 atom stereocenters. The molecule has 1 fully saturated rings. The number of hydrogen-bond acceptors (Lipinski definition) is 0. The summed E-state index contributed by atoms with van der Waals surface area (Å²) in [6.45, 7) is 2.23. The Bertz CT molecular complexity index is 107. The Morgan fingerprint density at radius 3 is 2.55 bits per heavy atom. The molecule has 1 aliphatic carbocycles. The molecule has 0 amide bonds. The molecule has 0 heterocycles. The molecule has 0 aliphatic heterocycles.